The van der Waals surface area contributed by atoms with Gasteiger partial charge in [0.15, 0.2) is 0 Å². The molecular formula is C15H25NO2. The van der Waals surface area contributed by atoms with Gasteiger partial charge in [-0.3, -0.25) is 5.32 Å². The summed E-state index contributed by atoms with van der Waals surface area (Å²) in [6, 6.07) is 8.36. The van der Waals surface area contributed by atoms with Gasteiger partial charge in [0.1, 0.15) is 0 Å². The van der Waals surface area contributed by atoms with Gasteiger partial charge in [-0.15, -0.1) is 0 Å². The molecule has 0 radical (unpaired) electrons. The van der Waals surface area contributed by atoms with Crippen molar-refractivity contribution in [1.29, 1.82) is 0 Å². The fourth-order valence-corrected chi connectivity index (χ4v) is 1.64. The van der Waals surface area contributed by atoms with Gasteiger partial charge in [-0.05, 0) is 37.8 Å². The standard InChI is InChI=1S/C15H25NO2/c1-11(2)13-8-6-7-12(9-13)10-16-14(17)18-15(3,4)5/h6-9,11,14,16-17H,10H2,1-5H3. The fraction of sp³-hybridized carbons (Fsp3) is 0.600. The van der Waals surface area contributed by atoms with Crippen LogP contribution in [0.5, 0.6) is 0 Å². The quantitative estimate of drug-likeness (QED) is 0.790. The van der Waals surface area contributed by atoms with Gasteiger partial charge in [0, 0.05) is 6.54 Å². The topological polar surface area (TPSA) is 41.5 Å². The van der Waals surface area contributed by atoms with E-state index in [0.717, 1.165) is 5.56 Å². The lowest BCUT2D eigenvalue weighted by Crippen LogP contribution is -2.37. The van der Waals surface area contributed by atoms with E-state index in [4.69, 9.17) is 4.74 Å². The molecule has 102 valence electrons. The minimum absolute atomic E-state index is 0.355. The van der Waals surface area contributed by atoms with E-state index < -0.39 is 6.41 Å². The van der Waals surface area contributed by atoms with Gasteiger partial charge in [-0.25, -0.2) is 0 Å². The fourth-order valence-electron chi connectivity index (χ4n) is 1.64. The van der Waals surface area contributed by atoms with E-state index in [2.05, 4.69) is 31.3 Å². The van der Waals surface area contributed by atoms with Gasteiger partial charge in [0.2, 0.25) is 6.41 Å². The largest absolute Gasteiger partial charge is 0.356 e. The zero-order valence-electron chi connectivity index (χ0n) is 12.0. The van der Waals surface area contributed by atoms with Gasteiger partial charge in [-0.2, -0.15) is 0 Å². The molecule has 0 aliphatic rings. The molecule has 0 saturated heterocycles. The average molecular weight is 251 g/mol. The summed E-state index contributed by atoms with van der Waals surface area (Å²) in [6.07, 6.45) is -0.937. The molecule has 1 atom stereocenters. The Morgan fingerprint density at radius 3 is 2.50 bits per heavy atom. The van der Waals surface area contributed by atoms with Crippen molar-refractivity contribution in [3.63, 3.8) is 0 Å². The molecule has 0 aromatic heterocycles. The number of ether oxygens (including phenoxy) is 1. The summed E-state index contributed by atoms with van der Waals surface area (Å²) in [5, 5.41) is 12.6. The van der Waals surface area contributed by atoms with Gasteiger partial charge in [0.25, 0.3) is 0 Å². The molecule has 0 spiro atoms. The predicted octanol–water partition coefficient (Wildman–Crippen LogP) is 2.99. The summed E-state index contributed by atoms with van der Waals surface area (Å²) < 4.78 is 5.38. The highest BCUT2D eigenvalue weighted by molar-refractivity contribution is 5.25. The SMILES string of the molecule is CC(C)c1cccc(CNC(O)OC(C)(C)C)c1. The van der Waals surface area contributed by atoms with Crippen LogP contribution < -0.4 is 5.32 Å². The van der Waals surface area contributed by atoms with E-state index in [1.165, 1.54) is 5.56 Å². The molecule has 0 aliphatic carbocycles. The molecule has 0 saturated carbocycles. The van der Waals surface area contributed by atoms with Gasteiger partial charge < -0.3 is 9.84 Å². The molecule has 0 heterocycles. The number of aliphatic hydroxyl groups is 1. The minimum atomic E-state index is -0.937. The van der Waals surface area contributed by atoms with Crippen LogP contribution in [0, 0.1) is 0 Å². The molecule has 1 aromatic rings. The van der Waals surface area contributed by atoms with Crippen molar-refractivity contribution in [2.75, 3.05) is 0 Å². The first-order valence-corrected chi connectivity index (χ1v) is 6.46. The van der Waals surface area contributed by atoms with Crippen LogP contribution >= 0.6 is 0 Å². The Bertz CT molecular complexity index is 369. The Kier molecular flexibility index (Phi) is 5.32. The number of nitrogens with one attached hydrogen (secondary N) is 1. The van der Waals surface area contributed by atoms with Crippen LogP contribution in [0.4, 0.5) is 0 Å². The van der Waals surface area contributed by atoms with Crippen LogP contribution in [0.3, 0.4) is 0 Å². The molecule has 1 aromatic carbocycles. The maximum Gasteiger partial charge on any atom is 0.214 e. The second-order valence-corrected chi connectivity index (χ2v) is 5.86. The van der Waals surface area contributed by atoms with Crippen molar-refractivity contribution < 1.29 is 9.84 Å². The third-order valence-electron chi connectivity index (χ3n) is 2.56. The van der Waals surface area contributed by atoms with Crippen molar-refractivity contribution in [3.05, 3.63) is 35.4 Å². The molecule has 18 heavy (non-hydrogen) atoms. The monoisotopic (exact) mass is 251 g/mol. The Balaban J connectivity index is 2.51. The second kappa shape index (κ2) is 6.32. The van der Waals surface area contributed by atoms with Crippen LogP contribution in [-0.4, -0.2) is 17.1 Å². The van der Waals surface area contributed by atoms with Crippen molar-refractivity contribution in [3.8, 4) is 0 Å². The highest BCUT2D eigenvalue weighted by Crippen LogP contribution is 2.15. The summed E-state index contributed by atoms with van der Waals surface area (Å²) in [5.74, 6) is 0.515. The Labute approximate surface area is 110 Å². The van der Waals surface area contributed by atoms with E-state index in [1.54, 1.807) is 0 Å². The van der Waals surface area contributed by atoms with Crippen LogP contribution in [0.1, 0.15) is 51.7 Å². The highest BCUT2D eigenvalue weighted by Gasteiger charge is 2.15. The molecule has 0 aliphatic heterocycles. The Morgan fingerprint density at radius 2 is 1.94 bits per heavy atom. The number of hydrogen-bond acceptors (Lipinski definition) is 3. The highest BCUT2D eigenvalue weighted by atomic mass is 16.6. The van der Waals surface area contributed by atoms with Crippen LogP contribution in [0.15, 0.2) is 24.3 Å². The lowest BCUT2D eigenvalue weighted by Gasteiger charge is -2.24. The molecule has 3 nitrogen and oxygen atoms in total. The first kappa shape index (κ1) is 15.2. The summed E-state index contributed by atoms with van der Waals surface area (Å²) in [6.45, 7) is 10.7. The number of aliphatic hydroxyl groups excluding tert-OH is 1. The van der Waals surface area contributed by atoms with Crippen molar-refractivity contribution >= 4 is 0 Å². The van der Waals surface area contributed by atoms with Gasteiger partial charge in [-0.1, -0.05) is 38.1 Å². The smallest absolute Gasteiger partial charge is 0.214 e. The molecule has 0 amide bonds. The molecule has 1 unspecified atom stereocenters. The van der Waals surface area contributed by atoms with Crippen molar-refractivity contribution in [1.82, 2.24) is 5.32 Å². The molecule has 1 rings (SSSR count). The third-order valence-corrected chi connectivity index (χ3v) is 2.56. The second-order valence-electron chi connectivity index (χ2n) is 5.86. The molecule has 0 bridgehead atoms. The lowest BCUT2D eigenvalue weighted by molar-refractivity contribution is -0.182. The predicted molar refractivity (Wildman–Crippen MR) is 74.2 cm³/mol. The zero-order chi connectivity index (χ0) is 13.8. The van der Waals surface area contributed by atoms with Crippen LogP contribution in [0.25, 0.3) is 0 Å². The average Bonchev–Trinajstić information content (AvgIpc) is 2.24. The van der Waals surface area contributed by atoms with E-state index in [9.17, 15) is 5.11 Å². The maximum absolute atomic E-state index is 9.69. The Morgan fingerprint density at radius 1 is 1.28 bits per heavy atom. The van der Waals surface area contributed by atoms with Crippen LogP contribution in [-0.2, 0) is 11.3 Å². The summed E-state index contributed by atoms with van der Waals surface area (Å²) >= 11 is 0. The minimum Gasteiger partial charge on any atom is -0.356 e. The normalized spacial score (nSPS) is 13.9. The molecule has 2 N–H and O–H groups in total. The Hall–Kier alpha value is -0.900. The van der Waals surface area contributed by atoms with E-state index in [-0.39, 0.29) is 5.60 Å². The summed E-state index contributed by atoms with van der Waals surface area (Å²) in [5.41, 5.74) is 2.10. The van der Waals surface area contributed by atoms with E-state index >= 15 is 0 Å². The van der Waals surface area contributed by atoms with Crippen molar-refractivity contribution in [2.24, 2.45) is 0 Å². The van der Waals surface area contributed by atoms with Crippen LogP contribution in [0.2, 0.25) is 0 Å². The number of benzene rings is 1. The third kappa shape index (κ3) is 5.63. The number of hydrogen-bond donors (Lipinski definition) is 2. The first-order chi connectivity index (χ1) is 8.28. The van der Waals surface area contributed by atoms with E-state index in [0.29, 0.717) is 12.5 Å². The molecular weight excluding hydrogens is 226 g/mol. The first-order valence-electron chi connectivity index (χ1n) is 6.46. The maximum atomic E-state index is 9.69. The number of rotatable bonds is 5. The molecule has 0 fully saturated rings. The summed E-state index contributed by atoms with van der Waals surface area (Å²) in [4.78, 5) is 0. The summed E-state index contributed by atoms with van der Waals surface area (Å²) in [7, 11) is 0. The zero-order valence-corrected chi connectivity index (χ0v) is 12.0. The lowest BCUT2D eigenvalue weighted by atomic mass is 10.0. The molecule has 3 heteroatoms. The van der Waals surface area contributed by atoms with Gasteiger partial charge >= 0.3 is 0 Å². The van der Waals surface area contributed by atoms with Gasteiger partial charge in [0.05, 0.1) is 5.60 Å². The van der Waals surface area contributed by atoms with E-state index in [1.807, 2.05) is 32.9 Å². The van der Waals surface area contributed by atoms with Crippen molar-refractivity contribution in [2.45, 2.75) is 59.1 Å².